The SMILES string of the molecule is CCS[C@@H]1CCC[C@@H]1NC(=O)[C@@H]1CCCN1C(C)=O. The van der Waals surface area contributed by atoms with E-state index < -0.39 is 0 Å². The number of likely N-dealkylation sites (tertiary alicyclic amines) is 1. The number of thioether (sulfide) groups is 1. The van der Waals surface area contributed by atoms with Crippen LogP contribution >= 0.6 is 11.8 Å². The normalized spacial score (nSPS) is 30.6. The molecule has 5 heteroatoms. The average Bonchev–Trinajstić information content (AvgIpc) is 2.98. The first-order valence-corrected chi connectivity index (χ1v) is 8.37. The fraction of sp³-hybridized carbons (Fsp3) is 0.857. The second-order valence-electron chi connectivity index (χ2n) is 5.41. The summed E-state index contributed by atoms with van der Waals surface area (Å²) in [5.74, 6) is 1.17. The molecule has 0 bridgehead atoms. The van der Waals surface area contributed by atoms with E-state index in [0.717, 1.165) is 31.6 Å². The third-order valence-electron chi connectivity index (χ3n) is 4.12. The summed E-state index contributed by atoms with van der Waals surface area (Å²) in [7, 11) is 0. The number of carbonyl (C=O) groups is 2. The summed E-state index contributed by atoms with van der Waals surface area (Å²) in [5, 5.41) is 3.74. The van der Waals surface area contributed by atoms with E-state index in [-0.39, 0.29) is 17.9 Å². The first kappa shape index (κ1) is 14.7. The Morgan fingerprint density at radius 3 is 2.74 bits per heavy atom. The van der Waals surface area contributed by atoms with E-state index in [2.05, 4.69) is 12.2 Å². The standard InChI is InChI=1S/C14H24N2O2S/c1-3-19-13-8-4-6-11(13)15-14(18)12-7-5-9-16(12)10(2)17/h11-13H,3-9H2,1-2H3,(H,15,18)/t11-,12-,13+/m0/s1. The minimum absolute atomic E-state index is 0.0172. The molecule has 2 rings (SSSR count). The number of rotatable bonds is 4. The van der Waals surface area contributed by atoms with E-state index >= 15 is 0 Å². The molecule has 0 radical (unpaired) electrons. The number of carbonyl (C=O) groups excluding carboxylic acids is 2. The average molecular weight is 284 g/mol. The van der Waals surface area contributed by atoms with Crippen LogP contribution < -0.4 is 5.32 Å². The van der Waals surface area contributed by atoms with Crippen molar-refractivity contribution in [3.8, 4) is 0 Å². The molecule has 2 fully saturated rings. The van der Waals surface area contributed by atoms with E-state index in [9.17, 15) is 9.59 Å². The van der Waals surface area contributed by atoms with Crippen molar-refractivity contribution < 1.29 is 9.59 Å². The van der Waals surface area contributed by atoms with Gasteiger partial charge in [0.2, 0.25) is 11.8 Å². The van der Waals surface area contributed by atoms with E-state index in [0.29, 0.717) is 11.3 Å². The van der Waals surface area contributed by atoms with Crippen LogP contribution in [0.5, 0.6) is 0 Å². The maximum Gasteiger partial charge on any atom is 0.243 e. The monoisotopic (exact) mass is 284 g/mol. The molecule has 0 spiro atoms. The van der Waals surface area contributed by atoms with Crippen molar-refractivity contribution in [3.05, 3.63) is 0 Å². The highest BCUT2D eigenvalue weighted by molar-refractivity contribution is 7.99. The van der Waals surface area contributed by atoms with Gasteiger partial charge in [-0.05, 0) is 31.4 Å². The van der Waals surface area contributed by atoms with Crippen LogP contribution in [0.15, 0.2) is 0 Å². The smallest absolute Gasteiger partial charge is 0.243 e. The van der Waals surface area contributed by atoms with Gasteiger partial charge in [0.05, 0.1) is 0 Å². The predicted molar refractivity (Wildman–Crippen MR) is 78.1 cm³/mol. The molecule has 1 N–H and O–H groups in total. The zero-order chi connectivity index (χ0) is 13.8. The predicted octanol–water partition coefficient (Wildman–Crippen LogP) is 1.79. The van der Waals surface area contributed by atoms with E-state index in [1.54, 1.807) is 11.8 Å². The third kappa shape index (κ3) is 3.44. The van der Waals surface area contributed by atoms with E-state index in [1.807, 2.05) is 11.8 Å². The van der Waals surface area contributed by atoms with Crippen molar-refractivity contribution in [2.45, 2.75) is 63.3 Å². The van der Waals surface area contributed by atoms with Crippen molar-refractivity contribution in [3.63, 3.8) is 0 Å². The molecule has 0 aromatic rings. The maximum absolute atomic E-state index is 12.4. The molecule has 2 amide bonds. The van der Waals surface area contributed by atoms with Crippen molar-refractivity contribution in [2.75, 3.05) is 12.3 Å². The summed E-state index contributed by atoms with van der Waals surface area (Å²) in [6.45, 7) is 4.44. The molecule has 1 heterocycles. The van der Waals surface area contributed by atoms with Crippen LogP contribution in [0.1, 0.15) is 46.0 Å². The highest BCUT2D eigenvalue weighted by Crippen LogP contribution is 2.30. The van der Waals surface area contributed by atoms with Crippen LogP contribution in [-0.4, -0.2) is 46.3 Å². The lowest BCUT2D eigenvalue weighted by atomic mass is 10.1. The molecular weight excluding hydrogens is 260 g/mol. The zero-order valence-electron chi connectivity index (χ0n) is 11.9. The molecule has 1 saturated heterocycles. The number of nitrogens with zero attached hydrogens (tertiary/aromatic N) is 1. The second-order valence-corrected chi connectivity index (χ2v) is 6.93. The van der Waals surface area contributed by atoms with Gasteiger partial charge >= 0.3 is 0 Å². The summed E-state index contributed by atoms with van der Waals surface area (Å²) in [4.78, 5) is 25.6. The number of hydrogen-bond donors (Lipinski definition) is 1. The first-order chi connectivity index (χ1) is 9.13. The van der Waals surface area contributed by atoms with Gasteiger partial charge in [0.15, 0.2) is 0 Å². The van der Waals surface area contributed by atoms with Crippen molar-refractivity contribution in [2.24, 2.45) is 0 Å². The quantitative estimate of drug-likeness (QED) is 0.856. The lowest BCUT2D eigenvalue weighted by Crippen LogP contribution is -2.49. The van der Waals surface area contributed by atoms with Crippen molar-refractivity contribution in [1.82, 2.24) is 10.2 Å². The Bertz CT molecular complexity index is 348. The van der Waals surface area contributed by atoms with Gasteiger partial charge in [0.1, 0.15) is 6.04 Å². The molecule has 19 heavy (non-hydrogen) atoms. The zero-order valence-corrected chi connectivity index (χ0v) is 12.7. The number of hydrogen-bond acceptors (Lipinski definition) is 3. The summed E-state index contributed by atoms with van der Waals surface area (Å²) in [6.07, 6.45) is 5.23. The maximum atomic E-state index is 12.4. The Kier molecular flexibility index (Phi) is 5.13. The molecule has 1 saturated carbocycles. The van der Waals surface area contributed by atoms with Gasteiger partial charge in [-0.2, -0.15) is 11.8 Å². The summed E-state index contributed by atoms with van der Waals surface area (Å²) in [6, 6.07) is 0.0669. The molecule has 3 atom stereocenters. The molecule has 2 aliphatic rings. The Hall–Kier alpha value is -0.710. The van der Waals surface area contributed by atoms with Crippen LogP contribution in [0.3, 0.4) is 0 Å². The Morgan fingerprint density at radius 1 is 1.26 bits per heavy atom. The van der Waals surface area contributed by atoms with Crippen LogP contribution in [0.2, 0.25) is 0 Å². The summed E-state index contributed by atoms with van der Waals surface area (Å²) < 4.78 is 0. The molecule has 1 aliphatic heterocycles. The molecule has 1 aliphatic carbocycles. The molecule has 0 aromatic carbocycles. The fourth-order valence-electron chi connectivity index (χ4n) is 3.20. The number of nitrogens with one attached hydrogen (secondary N) is 1. The first-order valence-electron chi connectivity index (χ1n) is 7.32. The summed E-state index contributed by atoms with van der Waals surface area (Å²) >= 11 is 1.94. The molecule has 0 aromatic heterocycles. The van der Waals surface area contributed by atoms with Gasteiger partial charge in [-0.3, -0.25) is 9.59 Å². The third-order valence-corrected chi connectivity index (χ3v) is 5.45. The topological polar surface area (TPSA) is 49.4 Å². The van der Waals surface area contributed by atoms with E-state index in [4.69, 9.17) is 0 Å². The van der Waals surface area contributed by atoms with Gasteiger partial charge in [0.25, 0.3) is 0 Å². The van der Waals surface area contributed by atoms with E-state index in [1.165, 1.54) is 12.8 Å². The summed E-state index contributed by atoms with van der Waals surface area (Å²) in [5.41, 5.74) is 0. The molecule has 4 nitrogen and oxygen atoms in total. The lowest BCUT2D eigenvalue weighted by molar-refractivity contribution is -0.137. The van der Waals surface area contributed by atoms with Gasteiger partial charge in [0, 0.05) is 24.8 Å². The van der Waals surface area contributed by atoms with Gasteiger partial charge in [-0.1, -0.05) is 13.3 Å². The van der Waals surface area contributed by atoms with Crippen molar-refractivity contribution >= 4 is 23.6 Å². The highest BCUT2D eigenvalue weighted by Gasteiger charge is 2.35. The Labute approximate surface area is 119 Å². The molecule has 108 valence electrons. The molecular formula is C14H24N2O2S. The second kappa shape index (κ2) is 6.64. The van der Waals surface area contributed by atoms with Crippen LogP contribution in [-0.2, 0) is 9.59 Å². The molecule has 0 unspecified atom stereocenters. The van der Waals surface area contributed by atoms with Gasteiger partial charge in [-0.25, -0.2) is 0 Å². The van der Waals surface area contributed by atoms with Crippen LogP contribution in [0.25, 0.3) is 0 Å². The van der Waals surface area contributed by atoms with Gasteiger partial charge < -0.3 is 10.2 Å². The fourth-order valence-corrected chi connectivity index (χ4v) is 4.40. The minimum atomic E-state index is -0.231. The van der Waals surface area contributed by atoms with Crippen molar-refractivity contribution in [1.29, 1.82) is 0 Å². The van der Waals surface area contributed by atoms with Crippen LogP contribution in [0.4, 0.5) is 0 Å². The highest BCUT2D eigenvalue weighted by atomic mass is 32.2. The van der Waals surface area contributed by atoms with Gasteiger partial charge in [-0.15, -0.1) is 0 Å². The Morgan fingerprint density at radius 2 is 2.05 bits per heavy atom. The van der Waals surface area contributed by atoms with Crippen LogP contribution in [0, 0.1) is 0 Å². The lowest BCUT2D eigenvalue weighted by Gasteiger charge is -2.26. The number of amides is 2. The minimum Gasteiger partial charge on any atom is -0.350 e. The largest absolute Gasteiger partial charge is 0.350 e. The Balaban J connectivity index is 1.91.